The third-order valence-electron chi connectivity index (χ3n) is 3.01. The number of rotatable bonds is 2. The van der Waals surface area contributed by atoms with Gasteiger partial charge in [-0.3, -0.25) is 0 Å². The first-order chi connectivity index (χ1) is 7.68. The molecule has 16 heavy (non-hydrogen) atoms. The van der Waals surface area contributed by atoms with Gasteiger partial charge in [0.25, 0.3) is 0 Å². The Bertz CT molecular complexity index is 361. The van der Waals surface area contributed by atoms with E-state index in [2.05, 4.69) is 5.32 Å². The van der Waals surface area contributed by atoms with Crippen LogP contribution in [0, 0.1) is 17.6 Å². The van der Waals surface area contributed by atoms with Gasteiger partial charge < -0.3 is 5.32 Å². The average molecular weight is 229 g/mol. The van der Waals surface area contributed by atoms with Crippen LogP contribution in [0.2, 0.25) is 0 Å². The van der Waals surface area contributed by atoms with Gasteiger partial charge in [-0.25, -0.2) is 13.2 Å². The first kappa shape index (κ1) is 11.5. The number of piperidine rings is 1. The summed E-state index contributed by atoms with van der Waals surface area (Å²) in [5.74, 6) is -2.06. The van der Waals surface area contributed by atoms with Crippen molar-refractivity contribution in [3.63, 3.8) is 0 Å². The Morgan fingerprint density at radius 3 is 2.69 bits per heavy atom. The molecule has 88 valence electrons. The topological polar surface area (TPSA) is 12.0 Å². The van der Waals surface area contributed by atoms with Gasteiger partial charge in [-0.15, -0.1) is 0 Å². The molecule has 1 aromatic rings. The van der Waals surface area contributed by atoms with Crippen LogP contribution < -0.4 is 5.32 Å². The van der Waals surface area contributed by atoms with Crippen molar-refractivity contribution in [2.45, 2.75) is 19.0 Å². The third kappa shape index (κ3) is 2.38. The Morgan fingerprint density at radius 1 is 1.25 bits per heavy atom. The van der Waals surface area contributed by atoms with E-state index in [9.17, 15) is 13.2 Å². The largest absolute Gasteiger partial charge is 0.316 e. The zero-order valence-corrected chi connectivity index (χ0v) is 8.85. The maximum atomic E-state index is 14.0. The minimum atomic E-state index is -1.22. The lowest BCUT2D eigenvalue weighted by molar-refractivity contribution is 0.194. The highest BCUT2D eigenvalue weighted by atomic mass is 19.2. The molecule has 0 spiro atoms. The van der Waals surface area contributed by atoms with E-state index in [1.54, 1.807) is 0 Å². The molecule has 0 radical (unpaired) electrons. The highest BCUT2D eigenvalue weighted by Crippen LogP contribution is 2.31. The van der Waals surface area contributed by atoms with E-state index in [1.165, 1.54) is 6.07 Å². The van der Waals surface area contributed by atoms with Gasteiger partial charge in [-0.2, -0.15) is 0 Å². The Kier molecular flexibility index (Phi) is 3.49. The minimum absolute atomic E-state index is 0.140. The van der Waals surface area contributed by atoms with Gasteiger partial charge in [0, 0.05) is 12.5 Å². The summed E-state index contributed by atoms with van der Waals surface area (Å²) in [6, 6.07) is 3.25. The molecule has 1 fully saturated rings. The fourth-order valence-electron chi connectivity index (χ4n) is 2.08. The van der Waals surface area contributed by atoms with Crippen molar-refractivity contribution in [2.75, 3.05) is 13.1 Å². The molecular weight excluding hydrogens is 215 g/mol. The predicted octanol–water partition coefficient (Wildman–Crippen LogP) is 2.98. The van der Waals surface area contributed by atoms with Crippen LogP contribution in [0.25, 0.3) is 0 Å². The van der Waals surface area contributed by atoms with E-state index < -0.39 is 17.8 Å². The molecule has 1 aliphatic rings. The lowest BCUT2D eigenvalue weighted by Crippen LogP contribution is -2.32. The fourth-order valence-corrected chi connectivity index (χ4v) is 2.08. The van der Waals surface area contributed by atoms with Crippen molar-refractivity contribution < 1.29 is 13.2 Å². The van der Waals surface area contributed by atoms with Crippen molar-refractivity contribution >= 4 is 0 Å². The summed E-state index contributed by atoms with van der Waals surface area (Å²) in [5, 5.41) is 3.10. The smallest absolute Gasteiger partial charge is 0.159 e. The lowest BCUT2D eigenvalue weighted by atomic mass is 9.90. The molecule has 0 aliphatic carbocycles. The molecule has 1 heterocycles. The van der Waals surface area contributed by atoms with Crippen molar-refractivity contribution in [2.24, 2.45) is 5.92 Å². The fraction of sp³-hybridized carbons (Fsp3) is 0.500. The molecule has 1 aromatic carbocycles. The predicted molar refractivity (Wildman–Crippen MR) is 55.8 cm³/mol. The number of benzene rings is 1. The maximum Gasteiger partial charge on any atom is 0.159 e. The van der Waals surface area contributed by atoms with E-state index in [4.69, 9.17) is 0 Å². The van der Waals surface area contributed by atoms with E-state index >= 15 is 0 Å². The molecule has 2 rings (SSSR count). The third-order valence-corrected chi connectivity index (χ3v) is 3.01. The lowest BCUT2D eigenvalue weighted by Gasteiger charge is -2.26. The Hall–Kier alpha value is -1.03. The molecule has 1 aliphatic heterocycles. The minimum Gasteiger partial charge on any atom is -0.316 e. The summed E-state index contributed by atoms with van der Waals surface area (Å²) in [5.41, 5.74) is 0.229. The van der Waals surface area contributed by atoms with Gasteiger partial charge in [0.05, 0.1) is 0 Å². The van der Waals surface area contributed by atoms with Gasteiger partial charge in [0.15, 0.2) is 11.6 Å². The summed E-state index contributed by atoms with van der Waals surface area (Å²) >= 11 is 0. The normalized spacial score (nSPS) is 23.1. The van der Waals surface area contributed by atoms with Crippen LogP contribution in [0.4, 0.5) is 13.2 Å². The zero-order chi connectivity index (χ0) is 11.5. The summed E-state index contributed by atoms with van der Waals surface area (Å²) in [6.45, 7) is 1.50. The van der Waals surface area contributed by atoms with Gasteiger partial charge in [0.2, 0.25) is 0 Å². The Balaban J connectivity index is 2.12. The van der Waals surface area contributed by atoms with Gasteiger partial charge in [0.1, 0.15) is 6.17 Å². The van der Waals surface area contributed by atoms with Crippen LogP contribution in [0.15, 0.2) is 18.2 Å². The maximum absolute atomic E-state index is 14.0. The van der Waals surface area contributed by atoms with Crippen LogP contribution in [0.5, 0.6) is 0 Å². The van der Waals surface area contributed by atoms with Gasteiger partial charge in [-0.05, 0) is 37.1 Å². The van der Waals surface area contributed by atoms with Crippen LogP contribution in [-0.4, -0.2) is 13.1 Å². The summed E-state index contributed by atoms with van der Waals surface area (Å²) in [6.07, 6.45) is 0.491. The van der Waals surface area contributed by atoms with Crippen LogP contribution in [-0.2, 0) is 0 Å². The van der Waals surface area contributed by atoms with Crippen molar-refractivity contribution in [3.8, 4) is 0 Å². The molecule has 1 saturated heterocycles. The second-order valence-corrected chi connectivity index (χ2v) is 4.18. The second-order valence-electron chi connectivity index (χ2n) is 4.18. The van der Waals surface area contributed by atoms with Crippen LogP contribution in [0.3, 0.4) is 0 Å². The molecule has 4 heteroatoms. The summed E-state index contributed by atoms with van der Waals surface area (Å²) in [7, 11) is 0. The molecular formula is C12H14F3N. The van der Waals surface area contributed by atoms with E-state index in [1.807, 2.05) is 0 Å². The van der Waals surface area contributed by atoms with Crippen molar-refractivity contribution in [1.82, 2.24) is 5.32 Å². The molecule has 0 bridgehead atoms. The molecule has 0 saturated carbocycles. The van der Waals surface area contributed by atoms with Gasteiger partial charge in [-0.1, -0.05) is 6.07 Å². The first-order valence-electron chi connectivity index (χ1n) is 5.48. The van der Waals surface area contributed by atoms with E-state index in [0.29, 0.717) is 6.54 Å². The molecule has 2 unspecified atom stereocenters. The number of hydrogen-bond acceptors (Lipinski definition) is 1. The monoisotopic (exact) mass is 229 g/mol. The molecule has 0 aromatic heterocycles. The highest BCUT2D eigenvalue weighted by molar-refractivity contribution is 5.21. The molecule has 0 amide bonds. The number of halogens is 3. The SMILES string of the molecule is Fc1ccc(C(F)C2CCCNC2)cc1F. The quantitative estimate of drug-likeness (QED) is 0.822. The zero-order valence-electron chi connectivity index (χ0n) is 8.85. The molecule has 1 nitrogen and oxygen atoms in total. The summed E-state index contributed by atoms with van der Waals surface area (Å²) < 4.78 is 39.6. The van der Waals surface area contributed by atoms with Crippen molar-refractivity contribution in [1.29, 1.82) is 0 Å². The van der Waals surface area contributed by atoms with E-state index in [-0.39, 0.29) is 11.5 Å². The van der Waals surface area contributed by atoms with Gasteiger partial charge >= 0.3 is 0 Å². The standard InChI is InChI=1S/C12H14F3N/c13-10-4-3-8(6-11(10)14)12(15)9-2-1-5-16-7-9/h3-4,6,9,12,16H,1-2,5,7H2. The number of nitrogens with one attached hydrogen (secondary N) is 1. The van der Waals surface area contributed by atoms with E-state index in [0.717, 1.165) is 31.5 Å². The second kappa shape index (κ2) is 4.87. The Morgan fingerprint density at radius 2 is 2.06 bits per heavy atom. The average Bonchev–Trinajstić information content (AvgIpc) is 2.33. The molecule has 1 N–H and O–H groups in total. The van der Waals surface area contributed by atoms with Crippen LogP contribution >= 0.6 is 0 Å². The number of alkyl halides is 1. The first-order valence-corrected chi connectivity index (χ1v) is 5.48. The number of hydrogen-bond donors (Lipinski definition) is 1. The van der Waals surface area contributed by atoms with Crippen LogP contribution in [0.1, 0.15) is 24.6 Å². The summed E-state index contributed by atoms with van der Waals surface area (Å²) in [4.78, 5) is 0. The van der Waals surface area contributed by atoms with Crippen molar-refractivity contribution in [3.05, 3.63) is 35.4 Å². The highest BCUT2D eigenvalue weighted by Gasteiger charge is 2.25. The molecule has 2 atom stereocenters. The Labute approximate surface area is 92.7 Å².